The predicted octanol–water partition coefficient (Wildman–Crippen LogP) is 8.29. The van der Waals surface area contributed by atoms with E-state index in [1.165, 1.54) is 37.2 Å². The molecule has 1 aliphatic rings. The third-order valence-electron chi connectivity index (χ3n) is 8.40. The number of benzene rings is 3. The number of rotatable bonds is 4. The maximum Gasteiger partial charge on any atom is 0.178 e. The summed E-state index contributed by atoms with van der Waals surface area (Å²) in [5.41, 5.74) is 4.83. The fourth-order valence-electron chi connectivity index (χ4n) is 5.94. The lowest BCUT2D eigenvalue weighted by Crippen LogP contribution is -2.25. The highest BCUT2D eigenvalue weighted by molar-refractivity contribution is 8.32. The Labute approximate surface area is 249 Å². The molecule has 0 N–H and O–H groups in total. The van der Waals surface area contributed by atoms with Gasteiger partial charge in [-0.1, -0.05) is 51.1 Å². The van der Waals surface area contributed by atoms with Crippen LogP contribution >= 0.6 is 10.0 Å². The highest BCUT2D eigenvalue weighted by atomic mass is 32.3. The maximum absolute atomic E-state index is 4.74. The van der Waals surface area contributed by atoms with E-state index in [0.29, 0.717) is 0 Å². The van der Waals surface area contributed by atoms with Crippen LogP contribution in [-0.2, 0) is 5.41 Å². The molecule has 0 unspecified atom stereocenters. The summed E-state index contributed by atoms with van der Waals surface area (Å²) in [5, 5.41) is 2.49. The van der Waals surface area contributed by atoms with Crippen LogP contribution in [0.2, 0.25) is 0 Å². The normalized spacial score (nSPS) is 14.1. The van der Waals surface area contributed by atoms with Gasteiger partial charge in [0.05, 0.1) is 17.7 Å². The largest absolute Gasteiger partial charge is 0.338 e. The van der Waals surface area contributed by atoms with Crippen molar-refractivity contribution >= 4 is 49.2 Å². The number of fused-ring (bicyclic) bond motifs is 4. The van der Waals surface area contributed by atoms with Crippen molar-refractivity contribution in [2.45, 2.75) is 36.0 Å². The molecule has 0 amide bonds. The van der Waals surface area contributed by atoms with Gasteiger partial charge in [0.25, 0.3) is 0 Å². The average Bonchev–Trinajstić information content (AvgIpc) is 3.51. The minimum atomic E-state index is -1.40. The lowest BCUT2D eigenvalue weighted by Gasteiger charge is -2.35. The quantitative estimate of drug-likeness (QED) is 0.213. The zero-order valence-corrected chi connectivity index (χ0v) is 25.9. The number of pyridine rings is 1. The molecule has 42 heavy (non-hydrogen) atoms. The number of hydrogen-bond donors (Lipinski definition) is 0. The minimum absolute atomic E-state index is 0.00748. The van der Waals surface area contributed by atoms with Crippen molar-refractivity contribution in [1.29, 1.82) is 0 Å². The average molecular weight is 573 g/mol. The van der Waals surface area contributed by atoms with E-state index in [4.69, 9.17) is 9.97 Å². The standard InChI is InChI=1S/C35H36N6S/c1-35(2,3)24-19-25(40-23-39(4)33-34(40)38-18-17-37-33)21-27(20-24)42(5,6)26-14-15-29-28-11-7-8-12-30(28)41(31(29)22-26)32-13-9-10-16-36-32/h7-22H,23H2,1-6H3. The lowest BCUT2D eigenvalue weighted by molar-refractivity contribution is 0.588. The summed E-state index contributed by atoms with van der Waals surface area (Å²) in [5.74, 6) is 2.76. The maximum atomic E-state index is 4.74. The molecule has 212 valence electrons. The molecular weight excluding hydrogens is 536 g/mol. The molecule has 7 rings (SSSR count). The van der Waals surface area contributed by atoms with Gasteiger partial charge in [-0.2, -0.15) is 10.0 Å². The molecule has 0 fully saturated rings. The second-order valence-electron chi connectivity index (χ2n) is 12.5. The van der Waals surface area contributed by atoms with E-state index >= 15 is 0 Å². The summed E-state index contributed by atoms with van der Waals surface area (Å²) >= 11 is 0. The molecule has 0 spiro atoms. The Morgan fingerprint density at radius 2 is 1.43 bits per heavy atom. The molecular formula is C35H36N6S. The molecule has 3 aromatic heterocycles. The molecule has 4 heterocycles. The van der Waals surface area contributed by atoms with Crippen molar-refractivity contribution in [3.8, 4) is 5.82 Å². The van der Waals surface area contributed by atoms with Crippen LogP contribution in [0.25, 0.3) is 27.6 Å². The molecule has 0 atom stereocenters. The number of aromatic nitrogens is 4. The van der Waals surface area contributed by atoms with Crippen molar-refractivity contribution in [2.75, 3.05) is 36.0 Å². The van der Waals surface area contributed by atoms with E-state index in [-0.39, 0.29) is 5.41 Å². The molecule has 3 aromatic carbocycles. The molecule has 0 aliphatic carbocycles. The van der Waals surface area contributed by atoms with Crippen molar-refractivity contribution in [1.82, 2.24) is 19.5 Å². The highest BCUT2D eigenvalue weighted by Crippen LogP contribution is 2.59. The molecule has 0 bridgehead atoms. The second-order valence-corrected chi connectivity index (χ2v) is 16.1. The minimum Gasteiger partial charge on any atom is -0.338 e. The first kappa shape index (κ1) is 26.5. The van der Waals surface area contributed by atoms with Crippen LogP contribution in [0, 0.1) is 0 Å². The van der Waals surface area contributed by atoms with E-state index in [2.05, 4.69) is 132 Å². The van der Waals surface area contributed by atoms with Crippen molar-refractivity contribution in [2.24, 2.45) is 0 Å². The Kier molecular flexibility index (Phi) is 6.06. The van der Waals surface area contributed by atoms with Gasteiger partial charge >= 0.3 is 0 Å². The van der Waals surface area contributed by atoms with Gasteiger partial charge in [0.15, 0.2) is 11.6 Å². The molecule has 6 nitrogen and oxygen atoms in total. The Morgan fingerprint density at radius 1 is 0.690 bits per heavy atom. The fraction of sp³-hybridized carbons (Fsp3) is 0.229. The van der Waals surface area contributed by atoms with Gasteiger partial charge in [-0.25, -0.2) is 15.0 Å². The number of nitrogens with zero attached hydrogens (tertiary/aromatic N) is 6. The predicted molar refractivity (Wildman–Crippen MR) is 177 cm³/mol. The van der Waals surface area contributed by atoms with E-state index in [0.717, 1.165) is 29.8 Å². The third kappa shape index (κ3) is 4.22. The number of para-hydroxylation sites is 1. The molecule has 0 saturated heterocycles. The summed E-state index contributed by atoms with van der Waals surface area (Å²) in [6.45, 7) is 7.59. The topological polar surface area (TPSA) is 50.1 Å². The van der Waals surface area contributed by atoms with E-state index in [9.17, 15) is 0 Å². The number of anilines is 3. The molecule has 0 saturated carbocycles. The summed E-state index contributed by atoms with van der Waals surface area (Å²) in [6.07, 6.45) is 10.2. The van der Waals surface area contributed by atoms with Crippen LogP contribution < -0.4 is 9.80 Å². The Bertz CT molecular complexity index is 1950. The Morgan fingerprint density at radius 3 is 2.19 bits per heavy atom. The van der Waals surface area contributed by atoms with E-state index in [1.54, 1.807) is 12.4 Å². The van der Waals surface area contributed by atoms with Crippen molar-refractivity contribution in [3.05, 3.63) is 103 Å². The van der Waals surface area contributed by atoms with Gasteiger partial charge in [-0.05, 0) is 81.8 Å². The lowest BCUT2D eigenvalue weighted by atomic mass is 9.87. The van der Waals surface area contributed by atoms with Crippen LogP contribution in [-0.4, -0.2) is 45.7 Å². The van der Waals surface area contributed by atoms with Gasteiger partial charge in [0.1, 0.15) is 5.82 Å². The van der Waals surface area contributed by atoms with Gasteiger partial charge in [0.2, 0.25) is 0 Å². The van der Waals surface area contributed by atoms with Crippen LogP contribution in [0.15, 0.2) is 107 Å². The molecule has 0 radical (unpaired) electrons. The van der Waals surface area contributed by atoms with Crippen molar-refractivity contribution < 1.29 is 0 Å². The SMILES string of the molecule is CN1CN(c2cc(C(C)(C)C)cc(S(C)(C)c3ccc4c5ccccc5n(-c5ccccn5)c4c3)c2)c2nccnc21. The monoisotopic (exact) mass is 572 g/mol. The zero-order chi connectivity index (χ0) is 29.2. The van der Waals surface area contributed by atoms with E-state index < -0.39 is 10.0 Å². The summed E-state index contributed by atoms with van der Waals surface area (Å²) < 4.78 is 2.30. The Hall–Kier alpha value is -4.36. The molecule has 6 aromatic rings. The number of hydrogen-bond acceptors (Lipinski definition) is 5. The summed E-state index contributed by atoms with van der Waals surface area (Å²) in [6, 6.07) is 28.9. The fourth-order valence-corrected chi connectivity index (χ4v) is 7.86. The van der Waals surface area contributed by atoms with E-state index in [1.807, 2.05) is 12.3 Å². The van der Waals surface area contributed by atoms with Crippen molar-refractivity contribution in [3.63, 3.8) is 0 Å². The first-order valence-corrected chi connectivity index (χ1v) is 16.7. The zero-order valence-electron chi connectivity index (χ0n) is 25.0. The van der Waals surface area contributed by atoms with Gasteiger partial charge in [0, 0.05) is 42.1 Å². The van der Waals surface area contributed by atoms with Crippen LogP contribution in [0.3, 0.4) is 0 Å². The summed E-state index contributed by atoms with van der Waals surface area (Å²) in [7, 11) is 0.674. The Balaban J connectivity index is 1.41. The van der Waals surface area contributed by atoms with Crippen LogP contribution in [0.4, 0.5) is 17.3 Å². The first-order chi connectivity index (χ1) is 20.1. The highest BCUT2D eigenvalue weighted by Gasteiger charge is 2.30. The van der Waals surface area contributed by atoms with Crippen LogP contribution in [0.1, 0.15) is 26.3 Å². The summed E-state index contributed by atoms with van der Waals surface area (Å²) in [4.78, 5) is 21.2. The first-order valence-electron chi connectivity index (χ1n) is 14.3. The molecule has 7 heteroatoms. The smallest absolute Gasteiger partial charge is 0.178 e. The van der Waals surface area contributed by atoms with Gasteiger partial charge in [-0.15, -0.1) is 0 Å². The van der Waals surface area contributed by atoms with Crippen LogP contribution in [0.5, 0.6) is 0 Å². The van der Waals surface area contributed by atoms with Gasteiger partial charge in [-0.3, -0.25) is 4.57 Å². The third-order valence-corrected chi connectivity index (χ3v) is 11.2. The second kappa shape index (κ2) is 9.60. The molecule has 1 aliphatic heterocycles. The van der Waals surface area contributed by atoms with Gasteiger partial charge < -0.3 is 9.80 Å².